The Hall–Kier alpha value is -3.13. The second kappa shape index (κ2) is 9.18. The van der Waals surface area contributed by atoms with Gasteiger partial charge in [0.2, 0.25) is 0 Å². The van der Waals surface area contributed by atoms with E-state index >= 15 is 0 Å². The van der Waals surface area contributed by atoms with Crippen molar-refractivity contribution in [1.82, 2.24) is 10.4 Å². The average Bonchev–Trinajstić information content (AvgIpc) is 3.13. The minimum atomic E-state index is -0.231. The van der Waals surface area contributed by atoms with Crippen LogP contribution in [0.25, 0.3) is 10.2 Å². The molecule has 2 N–H and O–H groups in total. The van der Waals surface area contributed by atoms with Gasteiger partial charge in [0.1, 0.15) is 0 Å². The summed E-state index contributed by atoms with van der Waals surface area (Å²) in [5.41, 5.74) is 5.27. The van der Waals surface area contributed by atoms with Crippen LogP contribution in [0.15, 0.2) is 47.6 Å². The van der Waals surface area contributed by atoms with Gasteiger partial charge in [-0.05, 0) is 36.8 Å². The maximum atomic E-state index is 12.0. The summed E-state index contributed by atoms with van der Waals surface area (Å²) in [6.07, 6.45) is 0.589. The molecule has 7 nitrogen and oxygen atoms in total. The summed E-state index contributed by atoms with van der Waals surface area (Å²) < 4.78 is 11.6. The van der Waals surface area contributed by atoms with E-state index in [0.717, 1.165) is 21.5 Å². The smallest absolute Gasteiger partial charge is 0.259 e. The quantitative estimate of drug-likeness (QED) is 0.448. The van der Waals surface area contributed by atoms with E-state index in [1.54, 1.807) is 14.2 Å². The van der Waals surface area contributed by atoms with Crippen LogP contribution in [0, 0.1) is 0 Å². The number of hydrazone groups is 1. The highest BCUT2D eigenvalue weighted by molar-refractivity contribution is 7.22. The fourth-order valence-electron chi connectivity index (χ4n) is 2.63. The molecular formula is C20H22N4O3S. The second-order valence-corrected chi connectivity index (χ2v) is 7.12. The van der Waals surface area contributed by atoms with E-state index < -0.39 is 0 Å². The lowest BCUT2D eigenvalue weighted by Crippen LogP contribution is -2.26. The highest BCUT2D eigenvalue weighted by atomic mass is 32.1. The summed E-state index contributed by atoms with van der Waals surface area (Å²) in [5, 5.41) is 7.90. The molecule has 3 rings (SSSR count). The number of ether oxygens (including phenoxy) is 2. The zero-order valence-electron chi connectivity index (χ0n) is 16.0. The third-order valence-corrected chi connectivity index (χ3v) is 4.97. The third-order valence-electron chi connectivity index (χ3n) is 3.97. The van der Waals surface area contributed by atoms with Crippen molar-refractivity contribution in [3.05, 3.63) is 48.0 Å². The fraction of sp³-hybridized carbons (Fsp3) is 0.250. The number of fused-ring (bicyclic) bond motifs is 1. The summed E-state index contributed by atoms with van der Waals surface area (Å²) in [4.78, 5) is 16.5. The average molecular weight is 398 g/mol. The topological polar surface area (TPSA) is 84.8 Å². The van der Waals surface area contributed by atoms with Crippen molar-refractivity contribution in [2.45, 2.75) is 13.3 Å². The second-order valence-electron chi connectivity index (χ2n) is 6.09. The summed E-state index contributed by atoms with van der Waals surface area (Å²) in [5.74, 6) is 1.11. The van der Waals surface area contributed by atoms with Crippen LogP contribution in [-0.2, 0) is 11.2 Å². The molecule has 0 saturated carbocycles. The number of nitrogens with one attached hydrogen (secondary N) is 2. The highest BCUT2D eigenvalue weighted by Crippen LogP contribution is 2.28. The van der Waals surface area contributed by atoms with Gasteiger partial charge < -0.3 is 14.8 Å². The van der Waals surface area contributed by atoms with E-state index in [9.17, 15) is 4.79 Å². The number of benzene rings is 2. The van der Waals surface area contributed by atoms with Crippen LogP contribution in [0.2, 0.25) is 0 Å². The Labute approximate surface area is 167 Å². The predicted octanol–water partition coefficient (Wildman–Crippen LogP) is 3.46. The third kappa shape index (κ3) is 4.98. The maximum Gasteiger partial charge on any atom is 0.259 e. The Bertz CT molecular complexity index is 967. The van der Waals surface area contributed by atoms with Crippen LogP contribution in [0.5, 0.6) is 11.5 Å². The van der Waals surface area contributed by atoms with Gasteiger partial charge in [-0.3, -0.25) is 4.79 Å². The molecule has 0 atom stereocenters. The lowest BCUT2D eigenvalue weighted by molar-refractivity contribution is -0.119. The standard InChI is InChI=1S/C20H22N4O3S/c1-13(10-14-8-9-16(26-2)17(11-14)27-3)23-24-19(25)12-21-20-22-15-6-4-5-7-18(15)28-20/h4-9,11H,10,12H2,1-3H3,(H,21,22)(H,24,25)/b23-13-. The molecule has 146 valence electrons. The molecule has 2 aromatic carbocycles. The molecule has 28 heavy (non-hydrogen) atoms. The first-order valence-electron chi connectivity index (χ1n) is 8.71. The lowest BCUT2D eigenvalue weighted by Gasteiger charge is -2.09. The van der Waals surface area contributed by atoms with Crippen molar-refractivity contribution in [2.75, 3.05) is 26.1 Å². The molecule has 0 saturated heterocycles. The van der Waals surface area contributed by atoms with Crippen LogP contribution >= 0.6 is 11.3 Å². The van der Waals surface area contributed by atoms with Crippen molar-refractivity contribution in [3.8, 4) is 11.5 Å². The van der Waals surface area contributed by atoms with Crippen LogP contribution in [0.4, 0.5) is 5.13 Å². The zero-order chi connectivity index (χ0) is 19.9. The van der Waals surface area contributed by atoms with Crippen molar-refractivity contribution >= 4 is 38.3 Å². The molecular weight excluding hydrogens is 376 g/mol. The Morgan fingerprint density at radius 3 is 2.68 bits per heavy atom. The number of para-hydroxylation sites is 1. The Morgan fingerprint density at radius 2 is 1.93 bits per heavy atom. The molecule has 1 heterocycles. The summed E-state index contributed by atoms with van der Waals surface area (Å²) in [6, 6.07) is 13.5. The van der Waals surface area contributed by atoms with E-state index in [-0.39, 0.29) is 12.5 Å². The number of hydrogen-bond acceptors (Lipinski definition) is 7. The van der Waals surface area contributed by atoms with Gasteiger partial charge in [-0.25, -0.2) is 10.4 Å². The van der Waals surface area contributed by atoms with Gasteiger partial charge in [0, 0.05) is 12.1 Å². The number of hydrogen-bond donors (Lipinski definition) is 2. The van der Waals surface area contributed by atoms with Crippen LogP contribution < -0.4 is 20.2 Å². The first kappa shape index (κ1) is 19.6. The van der Waals surface area contributed by atoms with Crippen molar-refractivity contribution in [2.24, 2.45) is 5.10 Å². The van der Waals surface area contributed by atoms with Gasteiger partial charge in [0.15, 0.2) is 16.6 Å². The van der Waals surface area contributed by atoms with E-state index in [1.165, 1.54) is 11.3 Å². The number of rotatable bonds is 8. The monoisotopic (exact) mass is 398 g/mol. The van der Waals surface area contributed by atoms with Gasteiger partial charge in [0.25, 0.3) is 5.91 Å². The number of thiazole rings is 1. The van der Waals surface area contributed by atoms with Crippen molar-refractivity contribution in [3.63, 3.8) is 0 Å². The molecule has 0 aliphatic heterocycles. The molecule has 0 fully saturated rings. The molecule has 1 aromatic heterocycles. The molecule has 1 amide bonds. The minimum Gasteiger partial charge on any atom is -0.493 e. The van der Waals surface area contributed by atoms with E-state index in [4.69, 9.17) is 9.47 Å². The minimum absolute atomic E-state index is 0.104. The number of carbonyl (C=O) groups excluding carboxylic acids is 1. The van der Waals surface area contributed by atoms with E-state index in [2.05, 4.69) is 20.8 Å². The predicted molar refractivity (Wildman–Crippen MR) is 113 cm³/mol. The van der Waals surface area contributed by atoms with Crippen molar-refractivity contribution in [1.29, 1.82) is 0 Å². The van der Waals surface area contributed by atoms with Crippen molar-refractivity contribution < 1.29 is 14.3 Å². The maximum absolute atomic E-state index is 12.0. The highest BCUT2D eigenvalue weighted by Gasteiger charge is 2.07. The molecule has 8 heteroatoms. The lowest BCUT2D eigenvalue weighted by atomic mass is 10.1. The Morgan fingerprint density at radius 1 is 1.14 bits per heavy atom. The van der Waals surface area contributed by atoms with Gasteiger partial charge in [-0.1, -0.05) is 29.5 Å². The van der Waals surface area contributed by atoms with Gasteiger partial charge in [0.05, 0.1) is 31.0 Å². The Kier molecular flexibility index (Phi) is 6.44. The molecule has 0 aliphatic rings. The number of nitrogens with zero attached hydrogens (tertiary/aromatic N) is 2. The van der Waals surface area contributed by atoms with E-state index in [1.807, 2.05) is 49.4 Å². The number of methoxy groups -OCH3 is 2. The molecule has 0 radical (unpaired) electrons. The van der Waals surface area contributed by atoms with E-state index in [0.29, 0.717) is 23.1 Å². The van der Waals surface area contributed by atoms with Crippen LogP contribution in [-0.4, -0.2) is 37.4 Å². The molecule has 3 aromatic rings. The number of anilines is 1. The largest absolute Gasteiger partial charge is 0.493 e. The zero-order valence-corrected chi connectivity index (χ0v) is 16.8. The number of aromatic nitrogens is 1. The van der Waals surface area contributed by atoms with Gasteiger partial charge >= 0.3 is 0 Å². The molecule has 0 unspecified atom stereocenters. The first-order valence-corrected chi connectivity index (χ1v) is 9.53. The summed E-state index contributed by atoms with van der Waals surface area (Å²) in [6.45, 7) is 1.96. The molecule has 0 aliphatic carbocycles. The van der Waals surface area contributed by atoms with Gasteiger partial charge in [-0.15, -0.1) is 0 Å². The SMILES string of the molecule is COc1ccc(C/C(C)=N\NC(=O)CNc2nc3ccccc3s2)cc1OC. The van der Waals surface area contributed by atoms with Crippen LogP contribution in [0.3, 0.4) is 0 Å². The fourth-order valence-corrected chi connectivity index (χ4v) is 3.49. The molecule has 0 spiro atoms. The Balaban J connectivity index is 1.51. The van der Waals surface area contributed by atoms with Gasteiger partial charge in [-0.2, -0.15) is 5.10 Å². The number of amides is 1. The molecule has 0 bridgehead atoms. The number of carbonyl (C=O) groups is 1. The summed E-state index contributed by atoms with van der Waals surface area (Å²) in [7, 11) is 3.20. The normalized spacial score (nSPS) is 11.3. The first-order chi connectivity index (χ1) is 13.6. The summed E-state index contributed by atoms with van der Waals surface area (Å²) >= 11 is 1.51. The van der Waals surface area contributed by atoms with Crippen LogP contribution in [0.1, 0.15) is 12.5 Å².